The van der Waals surface area contributed by atoms with Crippen LogP contribution in [0, 0.1) is 5.41 Å². The summed E-state index contributed by atoms with van der Waals surface area (Å²) in [6, 6.07) is 10.7. The van der Waals surface area contributed by atoms with Crippen LogP contribution in [0.1, 0.15) is 57.0 Å². The Kier molecular flexibility index (Phi) is 8.79. The zero-order valence-corrected chi connectivity index (χ0v) is 21.3. The Bertz CT molecular complexity index is 968. The molecule has 0 aliphatic rings. The number of hydrogen-bond donors (Lipinski definition) is 2. The third kappa shape index (κ3) is 7.30. The molecule has 0 aromatic heterocycles. The fraction of sp³-hybridized carbons (Fsp3) is 0.462. The van der Waals surface area contributed by atoms with Gasteiger partial charge in [0, 0.05) is 5.56 Å². The van der Waals surface area contributed by atoms with Crippen LogP contribution >= 0.6 is 0 Å². The minimum atomic E-state index is -0.543. The SMILES string of the molecule is COc1cc(C(=O)NNC(=O)COc2ccc(C(C)(C)CC(C)(C)C)cc2)cc(OC)c1OC. The van der Waals surface area contributed by atoms with Crippen LogP contribution in [0.4, 0.5) is 0 Å². The number of rotatable bonds is 9. The molecule has 0 spiro atoms. The van der Waals surface area contributed by atoms with E-state index in [1.54, 1.807) is 0 Å². The third-order valence-corrected chi connectivity index (χ3v) is 5.22. The molecule has 0 unspecified atom stereocenters. The van der Waals surface area contributed by atoms with E-state index in [9.17, 15) is 9.59 Å². The predicted molar refractivity (Wildman–Crippen MR) is 131 cm³/mol. The molecule has 0 saturated heterocycles. The smallest absolute Gasteiger partial charge is 0.276 e. The van der Waals surface area contributed by atoms with Gasteiger partial charge in [-0.15, -0.1) is 0 Å². The van der Waals surface area contributed by atoms with Gasteiger partial charge in [-0.05, 0) is 47.1 Å². The normalized spacial score (nSPS) is 11.4. The largest absolute Gasteiger partial charge is 0.493 e. The van der Waals surface area contributed by atoms with E-state index < -0.39 is 11.8 Å². The molecular weight excluding hydrogens is 436 g/mol. The molecule has 0 saturated carbocycles. The van der Waals surface area contributed by atoms with Gasteiger partial charge in [0.05, 0.1) is 21.3 Å². The van der Waals surface area contributed by atoms with Crippen molar-refractivity contribution in [1.82, 2.24) is 10.9 Å². The molecule has 0 heterocycles. The lowest BCUT2D eigenvalue weighted by Gasteiger charge is -2.33. The molecule has 8 heteroatoms. The van der Waals surface area contributed by atoms with Gasteiger partial charge in [0.25, 0.3) is 11.8 Å². The molecular formula is C26H36N2O6. The molecule has 2 N–H and O–H groups in total. The number of amides is 2. The van der Waals surface area contributed by atoms with Gasteiger partial charge in [0.15, 0.2) is 18.1 Å². The van der Waals surface area contributed by atoms with Crippen molar-refractivity contribution in [2.24, 2.45) is 5.41 Å². The average molecular weight is 473 g/mol. The highest BCUT2D eigenvalue weighted by Gasteiger charge is 2.27. The number of hydrazine groups is 1. The zero-order valence-electron chi connectivity index (χ0n) is 21.3. The summed E-state index contributed by atoms with van der Waals surface area (Å²) < 4.78 is 21.3. The Labute approximate surface area is 201 Å². The third-order valence-electron chi connectivity index (χ3n) is 5.22. The van der Waals surface area contributed by atoms with E-state index in [4.69, 9.17) is 18.9 Å². The zero-order chi connectivity index (χ0) is 25.5. The maximum absolute atomic E-state index is 12.5. The molecule has 0 atom stereocenters. The van der Waals surface area contributed by atoms with Crippen LogP contribution in [-0.2, 0) is 10.2 Å². The van der Waals surface area contributed by atoms with Crippen molar-refractivity contribution in [3.05, 3.63) is 47.5 Å². The topological polar surface area (TPSA) is 95.1 Å². The van der Waals surface area contributed by atoms with Crippen molar-refractivity contribution >= 4 is 11.8 Å². The lowest BCUT2D eigenvalue weighted by Crippen LogP contribution is -2.43. The Morgan fingerprint density at radius 3 is 1.85 bits per heavy atom. The molecule has 0 bridgehead atoms. The van der Waals surface area contributed by atoms with Gasteiger partial charge in [0.2, 0.25) is 5.75 Å². The standard InChI is InChI=1S/C26H36N2O6/c1-25(2,3)16-26(4,5)18-9-11-19(12-10-18)34-15-22(29)27-28-24(30)17-13-20(31-6)23(33-8)21(14-17)32-7/h9-14H,15-16H2,1-8H3,(H,27,29)(H,28,30). The Morgan fingerprint density at radius 2 is 1.38 bits per heavy atom. The minimum Gasteiger partial charge on any atom is -0.493 e. The van der Waals surface area contributed by atoms with Crippen molar-refractivity contribution in [2.45, 2.75) is 46.5 Å². The van der Waals surface area contributed by atoms with E-state index in [1.165, 1.54) is 39.0 Å². The van der Waals surface area contributed by atoms with Crippen LogP contribution in [0.15, 0.2) is 36.4 Å². The van der Waals surface area contributed by atoms with E-state index in [0.717, 1.165) is 6.42 Å². The van der Waals surface area contributed by atoms with Gasteiger partial charge in [-0.2, -0.15) is 0 Å². The summed E-state index contributed by atoms with van der Waals surface area (Å²) in [6.07, 6.45) is 1.04. The molecule has 0 fully saturated rings. The summed E-state index contributed by atoms with van der Waals surface area (Å²) in [5.74, 6) is 0.552. The molecule has 2 aromatic rings. The van der Waals surface area contributed by atoms with Crippen molar-refractivity contribution in [3.63, 3.8) is 0 Å². The summed E-state index contributed by atoms with van der Waals surface area (Å²) in [7, 11) is 4.38. The molecule has 8 nitrogen and oxygen atoms in total. The lowest BCUT2D eigenvalue weighted by atomic mass is 9.72. The Morgan fingerprint density at radius 1 is 0.824 bits per heavy atom. The van der Waals surface area contributed by atoms with Crippen LogP contribution < -0.4 is 29.8 Å². The first kappa shape index (κ1) is 26.8. The number of nitrogens with one attached hydrogen (secondary N) is 2. The predicted octanol–water partition coefficient (Wildman–Crippen LogP) is 4.27. The molecule has 186 valence electrons. The van der Waals surface area contributed by atoms with Crippen LogP contribution in [0.3, 0.4) is 0 Å². The van der Waals surface area contributed by atoms with E-state index in [-0.39, 0.29) is 23.0 Å². The number of carbonyl (C=O) groups excluding carboxylic acids is 2. The molecule has 0 aliphatic heterocycles. The quantitative estimate of drug-likeness (QED) is 0.530. The average Bonchev–Trinajstić information content (AvgIpc) is 2.78. The van der Waals surface area contributed by atoms with Crippen LogP contribution in [0.2, 0.25) is 0 Å². The molecule has 34 heavy (non-hydrogen) atoms. The first-order chi connectivity index (χ1) is 15.9. The molecule has 2 aromatic carbocycles. The van der Waals surface area contributed by atoms with Crippen molar-refractivity contribution in [2.75, 3.05) is 27.9 Å². The minimum absolute atomic E-state index is 0.0191. The van der Waals surface area contributed by atoms with E-state index in [0.29, 0.717) is 23.0 Å². The van der Waals surface area contributed by atoms with Crippen LogP contribution in [0.5, 0.6) is 23.0 Å². The van der Waals surface area contributed by atoms with Crippen molar-refractivity contribution in [3.8, 4) is 23.0 Å². The summed E-state index contributed by atoms with van der Waals surface area (Å²) >= 11 is 0. The second kappa shape index (κ2) is 11.1. The summed E-state index contributed by atoms with van der Waals surface area (Å²) in [5.41, 5.74) is 6.36. The van der Waals surface area contributed by atoms with Crippen molar-refractivity contribution in [1.29, 1.82) is 0 Å². The molecule has 2 amide bonds. The number of benzene rings is 2. The van der Waals surface area contributed by atoms with Gasteiger partial charge in [-0.3, -0.25) is 20.4 Å². The van der Waals surface area contributed by atoms with Crippen LogP contribution in [-0.4, -0.2) is 39.8 Å². The molecule has 0 radical (unpaired) electrons. The summed E-state index contributed by atoms with van der Waals surface area (Å²) in [5, 5.41) is 0. The number of hydrogen-bond acceptors (Lipinski definition) is 6. The first-order valence-electron chi connectivity index (χ1n) is 11.0. The van der Waals surface area contributed by atoms with Gasteiger partial charge in [0.1, 0.15) is 5.75 Å². The van der Waals surface area contributed by atoms with Gasteiger partial charge >= 0.3 is 0 Å². The first-order valence-corrected chi connectivity index (χ1v) is 11.0. The second-order valence-corrected chi connectivity index (χ2v) is 9.85. The highest BCUT2D eigenvalue weighted by Crippen LogP contribution is 2.38. The Balaban J connectivity index is 1.92. The maximum atomic E-state index is 12.5. The van der Waals surface area contributed by atoms with E-state index in [2.05, 4.69) is 45.5 Å². The monoisotopic (exact) mass is 472 g/mol. The highest BCUT2D eigenvalue weighted by atomic mass is 16.5. The maximum Gasteiger partial charge on any atom is 0.276 e. The molecule has 2 rings (SSSR count). The lowest BCUT2D eigenvalue weighted by molar-refractivity contribution is -0.123. The highest BCUT2D eigenvalue weighted by molar-refractivity contribution is 5.96. The van der Waals surface area contributed by atoms with Gasteiger partial charge < -0.3 is 18.9 Å². The van der Waals surface area contributed by atoms with Crippen molar-refractivity contribution < 1.29 is 28.5 Å². The fourth-order valence-electron chi connectivity index (χ4n) is 4.03. The molecule has 0 aliphatic carbocycles. The number of methoxy groups -OCH3 is 3. The van der Waals surface area contributed by atoms with E-state index >= 15 is 0 Å². The Hall–Kier alpha value is -3.42. The van der Waals surface area contributed by atoms with Gasteiger partial charge in [-0.1, -0.05) is 46.8 Å². The number of ether oxygens (including phenoxy) is 4. The summed E-state index contributed by atoms with van der Waals surface area (Å²) in [6.45, 7) is 10.9. The van der Waals surface area contributed by atoms with Gasteiger partial charge in [-0.25, -0.2) is 0 Å². The van der Waals surface area contributed by atoms with Crippen LogP contribution in [0.25, 0.3) is 0 Å². The van der Waals surface area contributed by atoms with E-state index in [1.807, 2.05) is 24.3 Å². The number of carbonyl (C=O) groups is 2. The summed E-state index contributed by atoms with van der Waals surface area (Å²) in [4.78, 5) is 24.6. The second-order valence-electron chi connectivity index (χ2n) is 9.85. The fourth-order valence-corrected chi connectivity index (χ4v) is 4.03.